The van der Waals surface area contributed by atoms with Gasteiger partial charge in [-0.1, -0.05) is 62.3 Å². The minimum atomic E-state index is -1.61. The maximum atomic E-state index is 11.5. The average Bonchev–Trinajstić information content (AvgIpc) is 2.76. The number of esters is 2. The maximum absolute atomic E-state index is 11.5. The van der Waals surface area contributed by atoms with Crippen LogP contribution in [0.3, 0.4) is 0 Å². The van der Waals surface area contributed by atoms with Crippen LogP contribution in [0.2, 0.25) is 0 Å². The van der Waals surface area contributed by atoms with Crippen LogP contribution in [0.15, 0.2) is 33.2 Å². The number of nitro benzene ring substituents is 2. The molecule has 0 fully saturated rings. The van der Waals surface area contributed by atoms with Crippen LogP contribution in [-0.2, 0) is 14.8 Å². The largest absolute Gasteiger partial charge is 0.465 e. The van der Waals surface area contributed by atoms with Gasteiger partial charge in [0.2, 0.25) is 0 Å². The third-order valence-electron chi connectivity index (χ3n) is 3.93. The number of ether oxygens (including phenoxy) is 2. The van der Waals surface area contributed by atoms with Crippen LogP contribution in [0.5, 0.6) is 0 Å². The van der Waals surface area contributed by atoms with Crippen molar-refractivity contribution in [2.24, 2.45) is 0 Å². The number of carbonyl (C=O) groups excluding carboxylic acids is 2. The SMILES string of the molecule is COC(=O)c1c(Br)ccc([N+](=O)[O-])c1C.COC(=O)c1c(Br)ccc([N+](=O)[O-])c1CBr.ClC(Cl)(Cl)Cl. The van der Waals surface area contributed by atoms with E-state index in [0.29, 0.717) is 20.1 Å². The molecule has 0 saturated carbocycles. The third-order valence-corrected chi connectivity index (χ3v) is 5.81. The number of nitro groups is 2. The molecule has 0 aliphatic rings. The lowest BCUT2D eigenvalue weighted by atomic mass is 10.1. The number of halogens is 7. The molecule has 10 nitrogen and oxygen atoms in total. The Morgan fingerprint density at radius 2 is 1.22 bits per heavy atom. The van der Waals surface area contributed by atoms with E-state index in [2.05, 4.69) is 57.3 Å². The van der Waals surface area contributed by atoms with Crippen LogP contribution in [0.1, 0.15) is 31.8 Å². The molecule has 198 valence electrons. The van der Waals surface area contributed by atoms with Crippen LogP contribution >= 0.6 is 94.2 Å². The molecule has 2 rings (SSSR count). The maximum Gasteiger partial charge on any atom is 0.339 e. The van der Waals surface area contributed by atoms with Crippen LogP contribution in [0.25, 0.3) is 0 Å². The predicted molar refractivity (Wildman–Crippen MR) is 148 cm³/mol. The average molecular weight is 781 g/mol. The first-order valence-electron chi connectivity index (χ1n) is 8.89. The second kappa shape index (κ2) is 15.9. The van der Waals surface area contributed by atoms with E-state index in [4.69, 9.17) is 46.4 Å². The summed E-state index contributed by atoms with van der Waals surface area (Å²) in [6, 6.07) is 5.59. The third kappa shape index (κ3) is 11.0. The van der Waals surface area contributed by atoms with E-state index in [-0.39, 0.29) is 27.8 Å². The Balaban J connectivity index is 0.000000575. The van der Waals surface area contributed by atoms with Gasteiger partial charge < -0.3 is 9.47 Å². The first kappa shape index (κ1) is 34.8. The highest BCUT2D eigenvalue weighted by atomic mass is 79.9. The fourth-order valence-corrected chi connectivity index (χ4v) is 4.15. The molecule has 0 saturated heterocycles. The quantitative estimate of drug-likeness (QED) is 0.129. The summed E-state index contributed by atoms with van der Waals surface area (Å²) in [5, 5.41) is 21.6. The van der Waals surface area contributed by atoms with Gasteiger partial charge in [-0.2, -0.15) is 0 Å². The minimum absolute atomic E-state index is 0.0985. The number of alkyl halides is 5. The molecular formula is C19H15Br3Cl4N2O8. The van der Waals surface area contributed by atoms with E-state index in [9.17, 15) is 29.8 Å². The van der Waals surface area contributed by atoms with Gasteiger partial charge in [0.1, 0.15) is 0 Å². The lowest BCUT2D eigenvalue weighted by molar-refractivity contribution is -0.385. The van der Waals surface area contributed by atoms with Gasteiger partial charge in [0.15, 0.2) is 0 Å². The highest BCUT2D eigenvalue weighted by molar-refractivity contribution is 9.11. The van der Waals surface area contributed by atoms with Crippen LogP contribution in [0.4, 0.5) is 11.4 Å². The van der Waals surface area contributed by atoms with Gasteiger partial charge in [-0.3, -0.25) is 20.2 Å². The Morgan fingerprint density at radius 1 is 0.861 bits per heavy atom. The Hall–Kier alpha value is -1.22. The van der Waals surface area contributed by atoms with Crippen LogP contribution in [-0.4, -0.2) is 39.3 Å². The molecule has 2 aromatic rings. The van der Waals surface area contributed by atoms with Crippen molar-refractivity contribution in [3.05, 3.63) is 75.7 Å². The zero-order chi connectivity index (χ0) is 28.4. The van der Waals surface area contributed by atoms with E-state index in [1.54, 1.807) is 0 Å². The van der Waals surface area contributed by atoms with Crippen LogP contribution in [0, 0.1) is 27.2 Å². The topological polar surface area (TPSA) is 139 Å². The summed E-state index contributed by atoms with van der Waals surface area (Å²) in [5.74, 6) is -1.20. The number of nitrogens with zero attached hydrogens (tertiary/aromatic N) is 2. The lowest BCUT2D eigenvalue weighted by Crippen LogP contribution is -2.08. The van der Waals surface area contributed by atoms with E-state index >= 15 is 0 Å². The molecule has 0 N–H and O–H groups in total. The van der Waals surface area contributed by atoms with Gasteiger partial charge in [0.05, 0.1) is 40.8 Å². The molecule has 0 aromatic heterocycles. The predicted octanol–water partition coefficient (Wildman–Crippen LogP) is 8.04. The summed E-state index contributed by atoms with van der Waals surface area (Å²) < 4.78 is 8.47. The zero-order valence-electron chi connectivity index (χ0n) is 18.3. The monoisotopic (exact) mass is 776 g/mol. The summed E-state index contributed by atoms with van der Waals surface area (Å²) in [6.07, 6.45) is 0. The van der Waals surface area contributed by atoms with Crippen molar-refractivity contribution < 1.29 is 28.9 Å². The molecule has 0 spiro atoms. The molecule has 0 unspecified atom stereocenters. The number of hydrogen-bond acceptors (Lipinski definition) is 8. The van der Waals surface area contributed by atoms with Gasteiger partial charge in [0.25, 0.3) is 14.6 Å². The van der Waals surface area contributed by atoms with Crippen molar-refractivity contribution in [2.45, 2.75) is 15.5 Å². The van der Waals surface area contributed by atoms with E-state index < -0.39 is 25.0 Å². The summed E-state index contributed by atoms with van der Waals surface area (Å²) in [5.41, 5.74) is 0.742. The number of rotatable bonds is 5. The Bertz CT molecular complexity index is 1140. The molecular weight excluding hydrogens is 766 g/mol. The van der Waals surface area contributed by atoms with Gasteiger partial charge in [-0.15, -0.1) is 0 Å². The fourth-order valence-electron chi connectivity index (χ4n) is 2.46. The van der Waals surface area contributed by atoms with E-state index in [1.165, 1.54) is 45.4 Å². The van der Waals surface area contributed by atoms with Crippen LogP contribution < -0.4 is 0 Å². The molecule has 0 amide bonds. The van der Waals surface area contributed by atoms with Crippen molar-refractivity contribution >= 4 is 118 Å². The lowest BCUT2D eigenvalue weighted by Gasteiger charge is -2.08. The molecule has 0 bridgehead atoms. The molecule has 36 heavy (non-hydrogen) atoms. The summed E-state index contributed by atoms with van der Waals surface area (Å²) in [7, 11) is 2.46. The number of methoxy groups -OCH3 is 2. The smallest absolute Gasteiger partial charge is 0.339 e. The first-order chi connectivity index (χ1) is 16.5. The highest BCUT2D eigenvalue weighted by Gasteiger charge is 2.24. The van der Waals surface area contributed by atoms with Gasteiger partial charge >= 0.3 is 11.9 Å². The van der Waals surface area contributed by atoms with Crippen molar-refractivity contribution in [2.75, 3.05) is 14.2 Å². The summed E-state index contributed by atoms with van der Waals surface area (Å²) >= 11 is 28.7. The summed E-state index contributed by atoms with van der Waals surface area (Å²) in [6.45, 7) is 1.51. The first-order valence-corrected chi connectivity index (χ1v) is 13.1. The second-order valence-electron chi connectivity index (χ2n) is 6.05. The van der Waals surface area contributed by atoms with Crippen molar-refractivity contribution in [1.29, 1.82) is 0 Å². The van der Waals surface area contributed by atoms with E-state index in [0.717, 1.165) is 0 Å². The van der Waals surface area contributed by atoms with Gasteiger partial charge in [-0.25, -0.2) is 9.59 Å². The number of benzene rings is 2. The van der Waals surface area contributed by atoms with Crippen molar-refractivity contribution in [1.82, 2.24) is 0 Å². The van der Waals surface area contributed by atoms with Gasteiger partial charge in [-0.05, 0) is 50.9 Å². The molecule has 17 heteroatoms. The number of carbonyl (C=O) groups is 2. The zero-order valence-corrected chi connectivity index (χ0v) is 26.1. The highest BCUT2D eigenvalue weighted by Crippen LogP contribution is 2.32. The Morgan fingerprint density at radius 3 is 1.58 bits per heavy atom. The van der Waals surface area contributed by atoms with E-state index in [1.807, 2.05) is 0 Å². The van der Waals surface area contributed by atoms with Crippen molar-refractivity contribution in [3.8, 4) is 0 Å². The Kier molecular flexibility index (Phi) is 15.4. The molecule has 0 heterocycles. The fraction of sp³-hybridized carbons (Fsp3) is 0.263. The molecule has 0 aliphatic heterocycles. The Labute approximate surface area is 250 Å². The molecule has 0 atom stereocenters. The molecule has 2 aromatic carbocycles. The number of hydrogen-bond donors (Lipinski definition) is 0. The normalized spacial score (nSPS) is 10.2. The molecule has 0 radical (unpaired) electrons. The summed E-state index contributed by atoms with van der Waals surface area (Å²) in [4.78, 5) is 43.2. The second-order valence-corrected chi connectivity index (χ2v) is 11.7. The van der Waals surface area contributed by atoms with Gasteiger partial charge in [0, 0.05) is 32.0 Å². The molecule has 0 aliphatic carbocycles. The standard InChI is InChI=1S/C9H7Br2NO4.C9H8BrNO4.CCl4/c1-16-9(13)8-5(4-10)7(12(14)15)3-2-6(8)11;1-5-7(11(13)14)4-3-6(10)8(5)9(12)15-2;2-1(3,4)5/h2-3H,4H2,1H3;3-4H,1-2H3;. The minimum Gasteiger partial charge on any atom is -0.465 e. The van der Waals surface area contributed by atoms with Crippen molar-refractivity contribution in [3.63, 3.8) is 0 Å².